The third-order valence-electron chi connectivity index (χ3n) is 5.91. The van der Waals surface area contributed by atoms with Crippen LogP contribution in [0.3, 0.4) is 0 Å². The number of aromatic nitrogens is 5. The van der Waals surface area contributed by atoms with Gasteiger partial charge in [0.15, 0.2) is 5.69 Å². The minimum Gasteiger partial charge on any atom is -0.340 e. The number of carbonyl (C=O) groups excluding carboxylic acids is 1. The highest BCUT2D eigenvalue weighted by Gasteiger charge is 2.26. The van der Waals surface area contributed by atoms with Gasteiger partial charge in [-0.3, -0.25) is 4.79 Å². The summed E-state index contributed by atoms with van der Waals surface area (Å²) in [5.41, 5.74) is 3.63. The second kappa shape index (κ2) is 8.74. The summed E-state index contributed by atoms with van der Waals surface area (Å²) in [4.78, 5) is 19.3. The highest BCUT2D eigenvalue weighted by molar-refractivity contribution is 5.79. The lowest BCUT2D eigenvalue weighted by Crippen LogP contribution is -2.41. The van der Waals surface area contributed by atoms with E-state index in [2.05, 4.69) is 20.5 Å². The summed E-state index contributed by atoms with van der Waals surface area (Å²) in [6.07, 6.45) is 4.11. The van der Waals surface area contributed by atoms with E-state index < -0.39 is 0 Å². The van der Waals surface area contributed by atoms with E-state index in [1.807, 2.05) is 77.3 Å². The van der Waals surface area contributed by atoms with Gasteiger partial charge in [0.2, 0.25) is 11.7 Å². The van der Waals surface area contributed by atoms with Gasteiger partial charge in [-0.1, -0.05) is 65.0 Å². The van der Waals surface area contributed by atoms with Gasteiger partial charge in [-0.2, -0.15) is 4.98 Å². The maximum Gasteiger partial charge on any atom is 0.280 e. The Hall–Kier alpha value is -3.81. The fourth-order valence-corrected chi connectivity index (χ4v) is 4.07. The maximum absolute atomic E-state index is 12.9. The number of hydrogen-bond acceptors (Lipinski definition) is 6. The zero-order valence-corrected chi connectivity index (χ0v) is 17.9. The van der Waals surface area contributed by atoms with Crippen LogP contribution in [-0.4, -0.2) is 49.0 Å². The molecule has 8 heteroatoms. The molecule has 3 heterocycles. The normalized spacial score (nSPS) is 16.3. The number of hydrogen-bond donors (Lipinski definition) is 0. The summed E-state index contributed by atoms with van der Waals surface area (Å²) in [6, 6.07) is 17.8. The van der Waals surface area contributed by atoms with Crippen LogP contribution in [0.5, 0.6) is 0 Å². The molecule has 0 aliphatic carbocycles. The van der Waals surface area contributed by atoms with E-state index in [4.69, 9.17) is 4.52 Å². The van der Waals surface area contributed by atoms with E-state index in [0.717, 1.165) is 36.1 Å². The summed E-state index contributed by atoms with van der Waals surface area (Å²) in [7, 11) is 0. The quantitative estimate of drug-likeness (QED) is 0.481. The minimum atomic E-state index is 0.0716. The average Bonchev–Trinajstić information content (AvgIpc) is 3.51. The largest absolute Gasteiger partial charge is 0.340 e. The molecule has 0 bridgehead atoms. The van der Waals surface area contributed by atoms with Gasteiger partial charge in [-0.25, -0.2) is 4.68 Å². The molecular weight excluding hydrogens is 404 g/mol. The molecule has 1 atom stereocenters. The van der Waals surface area contributed by atoms with E-state index in [1.54, 1.807) is 0 Å². The number of benzene rings is 2. The predicted molar refractivity (Wildman–Crippen MR) is 118 cm³/mol. The van der Waals surface area contributed by atoms with Crippen molar-refractivity contribution >= 4 is 5.91 Å². The van der Waals surface area contributed by atoms with Crippen molar-refractivity contribution in [2.24, 2.45) is 0 Å². The van der Waals surface area contributed by atoms with Gasteiger partial charge in [-0.15, -0.1) is 5.10 Å². The van der Waals surface area contributed by atoms with Crippen LogP contribution in [0.15, 0.2) is 65.3 Å². The molecule has 162 valence electrons. The number of rotatable bonds is 5. The van der Waals surface area contributed by atoms with Crippen LogP contribution in [0, 0.1) is 6.92 Å². The molecule has 4 aromatic rings. The number of amides is 1. The lowest BCUT2D eigenvalue weighted by molar-refractivity contribution is -0.132. The van der Waals surface area contributed by atoms with E-state index in [1.165, 1.54) is 0 Å². The zero-order valence-electron chi connectivity index (χ0n) is 17.9. The molecule has 1 saturated heterocycles. The van der Waals surface area contributed by atoms with Gasteiger partial charge in [0.05, 0.1) is 18.7 Å². The Bertz CT molecular complexity index is 1220. The molecule has 1 unspecified atom stereocenters. The van der Waals surface area contributed by atoms with Crippen LogP contribution < -0.4 is 0 Å². The van der Waals surface area contributed by atoms with Crippen molar-refractivity contribution in [2.45, 2.75) is 32.2 Å². The van der Waals surface area contributed by atoms with Crippen molar-refractivity contribution < 1.29 is 9.32 Å². The summed E-state index contributed by atoms with van der Waals surface area (Å²) < 4.78 is 7.22. The third-order valence-corrected chi connectivity index (χ3v) is 5.91. The van der Waals surface area contributed by atoms with Gasteiger partial charge in [0.1, 0.15) is 0 Å². The molecule has 0 N–H and O–H groups in total. The topological polar surface area (TPSA) is 89.9 Å². The molecule has 1 aliphatic rings. The summed E-state index contributed by atoms with van der Waals surface area (Å²) in [5.74, 6) is 0.993. The first-order valence-corrected chi connectivity index (χ1v) is 10.8. The molecule has 32 heavy (non-hydrogen) atoms. The predicted octanol–water partition coefficient (Wildman–Crippen LogP) is 3.71. The van der Waals surface area contributed by atoms with Crippen molar-refractivity contribution in [2.75, 3.05) is 13.1 Å². The Morgan fingerprint density at radius 1 is 1.12 bits per heavy atom. The zero-order chi connectivity index (χ0) is 21.9. The molecule has 8 nitrogen and oxygen atoms in total. The number of nitrogens with zero attached hydrogens (tertiary/aromatic N) is 6. The van der Waals surface area contributed by atoms with Crippen LogP contribution in [0.2, 0.25) is 0 Å². The van der Waals surface area contributed by atoms with E-state index in [-0.39, 0.29) is 11.9 Å². The van der Waals surface area contributed by atoms with Crippen LogP contribution in [-0.2, 0) is 11.2 Å². The Morgan fingerprint density at radius 3 is 2.78 bits per heavy atom. The molecule has 1 fully saturated rings. The highest BCUT2D eigenvalue weighted by atomic mass is 16.5. The third kappa shape index (κ3) is 4.16. The maximum atomic E-state index is 12.9. The second-order valence-corrected chi connectivity index (χ2v) is 8.11. The second-order valence-electron chi connectivity index (χ2n) is 8.11. The van der Waals surface area contributed by atoms with Gasteiger partial charge in [-0.05, 0) is 30.9 Å². The molecule has 2 aromatic heterocycles. The number of piperidine rings is 1. The fourth-order valence-electron chi connectivity index (χ4n) is 4.07. The average molecular weight is 428 g/mol. The van der Waals surface area contributed by atoms with Crippen molar-refractivity contribution in [1.29, 1.82) is 0 Å². The smallest absolute Gasteiger partial charge is 0.280 e. The highest BCUT2D eigenvalue weighted by Crippen LogP contribution is 2.25. The van der Waals surface area contributed by atoms with Gasteiger partial charge >= 0.3 is 0 Å². The fraction of sp³-hybridized carbons (Fsp3) is 0.292. The van der Waals surface area contributed by atoms with Crippen molar-refractivity contribution in [3.8, 4) is 23.0 Å². The first-order valence-electron chi connectivity index (χ1n) is 10.8. The molecule has 0 spiro atoms. The molecule has 1 amide bonds. The molecular formula is C24H24N6O2. The number of aryl methyl sites for hydroxylation is 1. The van der Waals surface area contributed by atoms with Crippen molar-refractivity contribution in [3.63, 3.8) is 0 Å². The Balaban J connectivity index is 1.27. The van der Waals surface area contributed by atoms with Gasteiger partial charge in [0, 0.05) is 18.7 Å². The lowest BCUT2D eigenvalue weighted by Gasteiger charge is -2.32. The van der Waals surface area contributed by atoms with E-state index in [0.29, 0.717) is 30.4 Å². The Morgan fingerprint density at radius 2 is 1.94 bits per heavy atom. The van der Waals surface area contributed by atoms with Gasteiger partial charge < -0.3 is 9.42 Å². The molecule has 0 saturated carbocycles. The number of likely N-dealkylation sites (tertiary alicyclic amines) is 1. The molecule has 2 aromatic carbocycles. The summed E-state index contributed by atoms with van der Waals surface area (Å²) >= 11 is 0. The first-order chi connectivity index (χ1) is 15.7. The number of carbonyl (C=O) groups is 1. The van der Waals surface area contributed by atoms with Crippen LogP contribution in [0.1, 0.15) is 30.0 Å². The standard InChI is InChI=1S/C24H24N6O2/c1-17-8-5-6-11-19(17)14-22(31)29-13-7-12-20(15-29)30-16-21(26-28-30)24-25-23(27-32-24)18-9-3-2-4-10-18/h2-6,8-11,16,20H,7,12-15H2,1H3. The van der Waals surface area contributed by atoms with Crippen molar-refractivity contribution in [3.05, 3.63) is 71.9 Å². The Labute approximate surface area is 185 Å². The van der Waals surface area contributed by atoms with E-state index >= 15 is 0 Å². The lowest BCUT2D eigenvalue weighted by atomic mass is 10.0. The minimum absolute atomic E-state index is 0.0716. The first kappa shape index (κ1) is 20.1. The molecule has 1 aliphatic heterocycles. The molecule has 0 radical (unpaired) electrons. The Kier molecular flexibility index (Phi) is 5.49. The van der Waals surface area contributed by atoms with Crippen molar-refractivity contribution in [1.82, 2.24) is 30.0 Å². The summed E-state index contributed by atoms with van der Waals surface area (Å²) in [5, 5.41) is 12.6. The van der Waals surface area contributed by atoms with Crippen LogP contribution in [0.4, 0.5) is 0 Å². The summed E-state index contributed by atoms with van der Waals surface area (Å²) in [6.45, 7) is 3.43. The van der Waals surface area contributed by atoms with Gasteiger partial charge in [0.25, 0.3) is 5.89 Å². The van der Waals surface area contributed by atoms with Crippen LogP contribution in [0.25, 0.3) is 23.0 Å². The monoisotopic (exact) mass is 428 g/mol. The van der Waals surface area contributed by atoms with Crippen LogP contribution >= 0.6 is 0 Å². The van der Waals surface area contributed by atoms with E-state index in [9.17, 15) is 4.79 Å². The SMILES string of the molecule is Cc1ccccc1CC(=O)N1CCCC(n2cc(-c3nc(-c4ccccc4)no3)nn2)C1. The molecule has 5 rings (SSSR count).